The van der Waals surface area contributed by atoms with Crippen LogP contribution in [0.4, 0.5) is 11.4 Å². The van der Waals surface area contributed by atoms with Crippen LogP contribution in [0.2, 0.25) is 0 Å². The molecule has 0 aliphatic rings. The van der Waals surface area contributed by atoms with E-state index in [1.807, 2.05) is 62.4 Å². The summed E-state index contributed by atoms with van der Waals surface area (Å²) in [6.07, 6.45) is 2.63. The number of hydrogen-bond donors (Lipinski definition) is 2. The van der Waals surface area contributed by atoms with E-state index in [9.17, 15) is 9.59 Å². The van der Waals surface area contributed by atoms with Crippen molar-refractivity contribution >= 4 is 35.0 Å². The summed E-state index contributed by atoms with van der Waals surface area (Å²) in [6.45, 7) is 8.25. The molecule has 0 saturated heterocycles. The van der Waals surface area contributed by atoms with Crippen LogP contribution in [0.15, 0.2) is 66.3 Å². The summed E-state index contributed by atoms with van der Waals surface area (Å²) in [5.74, 6) is 0.402. The Kier molecular flexibility index (Phi) is 8.21. The summed E-state index contributed by atoms with van der Waals surface area (Å²) in [6, 6.07) is 15.4. The number of thioether (sulfide) groups is 1. The van der Waals surface area contributed by atoms with E-state index in [0.717, 1.165) is 28.9 Å². The number of nitrogens with one attached hydrogen (secondary N) is 2. The van der Waals surface area contributed by atoms with Gasteiger partial charge in [0.2, 0.25) is 11.8 Å². The quantitative estimate of drug-likeness (QED) is 0.357. The Bertz CT molecular complexity index is 1110. The maximum absolute atomic E-state index is 12.5. The van der Waals surface area contributed by atoms with Crippen molar-refractivity contribution in [3.63, 3.8) is 0 Å². The second kappa shape index (κ2) is 11.3. The molecule has 2 amide bonds. The van der Waals surface area contributed by atoms with Gasteiger partial charge in [-0.15, -0.1) is 16.8 Å². The van der Waals surface area contributed by atoms with Gasteiger partial charge in [0.05, 0.1) is 12.2 Å². The van der Waals surface area contributed by atoms with Gasteiger partial charge in [0.1, 0.15) is 5.82 Å². The summed E-state index contributed by atoms with van der Waals surface area (Å²) < 4.78 is 1.81. The van der Waals surface area contributed by atoms with Crippen LogP contribution in [0, 0.1) is 6.92 Å². The molecular formula is C24H27N5O2S. The number of amides is 2. The molecule has 0 unspecified atom stereocenters. The standard InChI is InChI=1S/C24H27N5O2S/c1-4-13-29-21(15-22(30)25-19-11-8-9-17(3)14-19)27-28-24(29)32-16-23(31)26-20-12-7-6-10-18(20)5-2/h4,6-12,14H,1,5,13,15-16H2,2-3H3,(H,25,30)(H,26,31). The second-order valence-corrected chi connectivity index (χ2v) is 8.18. The van der Waals surface area contributed by atoms with Crippen LogP contribution in [0.3, 0.4) is 0 Å². The molecule has 3 aromatic rings. The Morgan fingerprint density at radius 2 is 1.91 bits per heavy atom. The van der Waals surface area contributed by atoms with Crippen molar-refractivity contribution in [2.45, 2.75) is 38.4 Å². The number of rotatable bonds is 10. The van der Waals surface area contributed by atoms with Gasteiger partial charge in [-0.05, 0) is 42.7 Å². The van der Waals surface area contributed by atoms with E-state index in [1.54, 1.807) is 10.6 Å². The summed E-state index contributed by atoms with van der Waals surface area (Å²) in [7, 11) is 0. The van der Waals surface area contributed by atoms with E-state index >= 15 is 0 Å². The number of carbonyl (C=O) groups excluding carboxylic acids is 2. The van der Waals surface area contributed by atoms with Gasteiger partial charge in [-0.25, -0.2) is 0 Å². The maximum atomic E-state index is 12.5. The Balaban J connectivity index is 1.63. The fourth-order valence-corrected chi connectivity index (χ4v) is 3.97. The van der Waals surface area contributed by atoms with Crippen LogP contribution in [-0.4, -0.2) is 32.3 Å². The minimum atomic E-state index is -0.182. The number of hydrogen-bond acceptors (Lipinski definition) is 5. The molecule has 32 heavy (non-hydrogen) atoms. The molecule has 0 bridgehead atoms. The van der Waals surface area contributed by atoms with E-state index in [1.165, 1.54) is 11.8 Å². The van der Waals surface area contributed by atoms with Gasteiger partial charge in [-0.3, -0.25) is 9.59 Å². The Labute approximate surface area is 192 Å². The number of para-hydroxylation sites is 1. The molecule has 0 spiro atoms. The average Bonchev–Trinajstić information content (AvgIpc) is 3.14. The predicted octanol–water partition coefficient (Wildman–Crippen LogP) is 4.25. The smallest absolute Gasteiger partial charge is 0.234 e. The fraction of sp³-hybridized carbons (Fsp3) is 0.250. The highest BCUT2D eigenvalue weighted by Gasteiger charge is 2.17. The van der Waals surface area contributed by atoms with E-state index in [-0.39, 0.29) is 24.0 Å². The van der Waals surface area contributed by atoms with Crippen molar-refractivity contribution in [3.8, 4) is 0 Å². The molecule has 2 aromatic carbocycles. The number of aryl methyl sites for hydroxylation is 2. The second-order valence-electron chi connectivity index (χ2n) is 7.24. The number of carbonyl (C=O) groups is 2. The minimum absolute atomic E-state index is 0.0748. The van der Waals surface area contributed by atoms with Crippen LogP contribution < -0.4 is 10.6 Å². The van der Waals surface area contributed by atoms with E-state index in [4.69, 9.17) is 0 Å². The van der Waals surface area contributed by atoms with Gasteiger partial charge in [-0.2, -0.15) is 0 Å². The average molecular weight is 450 g/mol. The highest BCUT2D eigenvalue weighted by Crippen LogP contribution is 2.20. The minimum Gasteiger partial charge on any atom is -0.326 e. The van der Waals surface area contributed by atoms with E-state index in [0.29, 0.717) is 17.5 Å². The van der Waals surface area contributed by atoms with Crippen molar-refractivity contribution in [1.82, 2.24) is 14.8 Å². The van der Waals surface area contributed by atoms with Crippen molar-refractivity contribution in [1.29, 1.82) is 0 Å². The SMILES string of the molecule is C=CCn1c(CC(=O)Nc2cccc(C)c2)nnc1SCC(=O)Nc1ccccc1CC. The molecule has 0 aliphatic carbocycles. The van der Waals surface area contributed by atoms with Crippen molar-refractivity contribution in [3.05, 3.63) is 78.1 Å². The van der Waals surface area contributed by atoms with Crippen molar-refractivity contribution in [2.75, 3.05) is 16.4 Å². The van der Waals surface area contributed by atoms with Crippen LogP contribution in [0.25, 0.3) is 0 Å². The lowest BCUT2D eigenvalue weighted by molar-refractivity contribution is -0.116. The molecular weight excluding hydrogens is 422 g/mol. The molecule has 0 fully saturated rings. The number of benzene rings is 2. The maximum Gasteiger partial charge on any atom is 0.234 e. The van der Waals surface area contributed by atoms with Gasteiger partial charge in [0.25, 0.3) is 0 Å². The Morgan fingerprint density at radius 1 is 1.09 bits per heavy atom. The zero-order valence-corrected chi connectivity index (χ0v) is 19.1. The molecule has 1 heterocycles. The van der Waals surface area contributed by atoms with E-state index < -0.39 is 0 Å². The Hall–Kier alpha value is -3.39. The molecule has 0 aliphatic heterocycles. The third kappa shape index (κ3) is 6.31. The first-order valence-electron chi connectivity index (χ1n) is 10.4. The van der Waals surface area contributed by atoms with Crippen LogP contribution >= 0.6 is 11.8 Å². The van der Waals surface area contributed by atoms with Gasteiger partial charge >= 0.3 is 0 Å². The number of anilines is 2. The van der Waals surface area contributed by atoms with Crippen molar-refractivity contribution < 1.29 is 9.59 Å². The highest BCUT2D eigenvalue weighted by atomic mass is 32.2. The topological polar surface area (TPSA) is 88.9 Å². The molecule has 1 aromatic heterocycles. The summed E-state index contributed by atoms with van der Waals surface area (Å²) in [4.78, 5) is 25.0. The van der Waals surface area contributed by atoms with Crippen LogP contribution in [0.1, 0.15) is 23.9 Å². The summed E-state index contributed by atoms with van der Waals surface area (Å²) in [5, 5.41) is 14.8. The third-order valence-electron chi connectivity index (χ3n) is 4.73. The summed E-state index contributed by atoms with van der Waals surface area (Å²) >= 11 is 1.28. The molecule has 0 atom stereocenters. The fourth-order valence-electron chi connectivity index (χ4n) is 3.21. The number of nitrogens with zero attached hydrogens (tertiary/aromatic N) is 3. The lowest BCUT2D eigenvalue weighted by atomic mass is 10.1. The first kappa shape index (κ1) is 23.3. The third-order valence-corrected chi connectivity index (χ3v) is 5.70. The van der Waals surface area contributed by atoms with E-state index in [2.05, 4.69) is 27.4 Å². The predicted molar refractivity (Wildman–Crippen MR) is 129 cm³/mol. The largest absolute Gasteiger partial charge is 0.326 e. The lowest BCUT2D eigenvalue weighted by Gasteiger charge is -2.10. The molecule has 2 N–H and O–H groups in total. The van der Waals surface area contributed by atoms with Gasteiger partial charge in [-0.1, -0.05) is 55.1 Å². The van der Waals surface area contributed by atoms with Gasteiger partial charge in [0, 0.05) is 17.9 Å². The monoisotopic (exact) mass is 449 g/mol. The zero-order chi connectivity index (χ0) is 22.9. The first-order valence-corrected chi connectivity index (χ1v) is 11.4. The van der Waals surface area contributed by atoms with Crippen molar-refractivity contribution in [2.24, 2.45) is 0 Å². The Morgan fingerprint density at radius 3 is 2.66 bits per heavy atom. The summed E-state index contributed by atoms with van der Waals surface area (Å²) in [5.41, 5.74) is 3.71. The van der Waals surface area contributed by atoms with Gasteiger partial charge < -0.3 is 15.2 Å². The zero-order valence-electron chi connectivity index (χ0n) is 18.3. The molecule has 0 saturated carbocycles. The molecule has 3 rings (SSSR count). The lowest BCUT2D eigenvalue weighted by Crippen LogP contribution is -2.18. The highest BCUT2D eigenvalue weighted by molar-refractivity contribution is 7.99. The molecule has 0 radical (unpaired) electrons. The normalized spacial score (nSPS) is 10.6. The van der Waals surface area contributed by atoms with Crippen LogP contribution in [-0.2, 0) is 29.0 Å². The van der Waals surface area contributed by atoms with Gasteiger partial charge in [0.15, 0.2) is 5.16 Å². The number of aromatic nitrogens is 3. The first-order chi connectivity index (χ1) is 15.5. The molecule has 7 nitrogen and oxygen atoms in total. The molecule has 8 heteroatoms. The number of allylic oxidation sites excluding steroid dienone is 1. The van der Waals surface area contributed by atoms with Crippen LogP contribution in [0.5, 0.6) is 0 Å². The molecule has 166 valence electrons.